The molecular weight excluding hydrogens is 460 g/mol. The van der Waals surface area contributed by atoms with Gasteiger partial charge in [0.15, 0.2) is 6.61 Å². The number of aryl methyl sites for hydroxylation is 1. The van der Waals surface area contributed by atoms with Crippen molar-refractivity contribution in [3.63, 3.8) is 0 Å². The van der Waals surface area contributed by atoms with E-state index in [0.29, 0.717) is 11.3 Å². The molecule has 0 aliphatic rings. The second-order valence-electron chi connectivity index (χ2n) is 3.88. The van der Waals surface area contributed by atoms with E-state index in [-0.39, 0.29) is 12.4 Å². The largest absolute Gasteiger partial charge is 0.484 e. The van der Waals surface area contributed by atoms with Crippen LogP contribution in [0, 0.1) is 6.92 Å². The number of hydrogen-bond acceptors (Lipinski definition) is 3. The van der Waals surface area contributed by atoms with E-state index in [9.17, 15) is 4.79 Å². The van der Waals surface area contributed by atoms with Gasteiger partial charge in [-0.3, -0.25) is 4.79 Å². The topological polar surface area (TPSA) is 26.3 Å². The van der Waals surface area contributed by atoms with Crippen LogP contribution in [0.4, 0.5) is 0 Å². The van der Waals surface area contributed by atoms with Crippen molar-refractivity contribution in [2.45, 2.75) is 6.92 Å². The molecule has 0 saturated heterocycles. The Morgan fingerprint density at radius 3 is 2.58 bits per heavy atom. The van der Waals surface area contributed by atoms with Gasteiger partial charge in [0.1, 0.15) is 5.75 Å². The summed E-state index contributed by atoms with van der Waals surface area (Å²) < 4.78 is 8.13. The van der Waals surface area contributed by atoms with E-state index < -0.39 is 0 Å². The van der Waals surface area contributed by atoms with Crippen LogP contribution in [0.5, 0.6) is 5.75 Å². The highest BCUT2D eigenvalue weighted by Crippen LogP contribution is 2.32. The maximum absolute atomic E-state index is 12.0. The number of carbonyl (C=O) groups excluding carboxylic acids is 1. The molecule has 2 rings (SSSR count). The van der Waals surface area contributed by atoms with Gasteiger partial charge in [-0.05, 0) is 78.5 Å². The zero-order chi connectivity index (χ0) is 14.0. The molecule has 2 nitrogen and oxygen atoms in total. The fraction of sp³-hybridized carbons (Fsp3) is 0.154. The lowest BCUT2D eigenvalue weighted by molar-refractivity contribution is 0.0921. The Bertz CT molecular complexity index is 622. The molecule has 19 heavy (non-hydrogen) atoms. The Balaban J connectivity index is 2.06. The lowest BCUT2D eigenvalue weighted by atomic mass is 10.2. The van der Waals surface area contributed by atoms with Crippen molar-refractivity contribution in [1.82, 2.24) is 0 Å². The Hall–Kier alpha value is -0.170. The quantitative estimate of drug-likeness (QED) is 0.545. The summed E-state index contributed by atoms with van der Waals surface area (Å²) in [6.45, 7) is 2.02. The van der Waals surface area contributed by atoms with Gasteiger partial charge < -0.3 is 4.74 Å². The monoisotopic (exact) mass is 466 g/mol. The summed E-state index contributed by atoms with van der Waals surface area (Å²) in [5.74, 6) is 0.616. The van der Waals surface area contributed by atoms with Crippen molar-refractivity contribution >= 4 is 64.9 Å². The number of halogens is 3. The summed E-state index contributed by atoms with van der Waals surface area (Å²) in [7, 11) is 0. The predicted molar refractivity (Wildman–Crippen MR) is 88.4 cm³/mol. The van der Waals surface area contributed by atoms with Gasteiger partial charge >= 0.3 is 0 Å². The molecule has 0 spiro atoms. The number of carbonyl (C=O) groups is 1. The Morgan fingerprint density at radius 2 is 2.00 bits per heavy atom. The predicted octanol–water partition coefficient (Wildman–Crippen LogP) is 5.61. The van der Waals surface area contributed by atoms with Gasteiger partial charge in [0.25, 0.3) is 0 Å². The summed E-state index contributed by atoms with van der Waals surface area (Å²) in [4.78, 5) is 12.0. The number of thiophene rings is 1. The molecule has 0 unspecified atom stereocenters. The fourth-order valence-electron chi connectivity index (χ4n) is 1.47. The molecule has 1 aromatic heterocycles. The van der Waals surface area contributed by atoms with E-state index in [1.165, 1.54) is 11.3 Å². The highest BCUT2D eigenvalue weighted by molar-refractivity contribution is 9.12. The van der Waals surface area contributed by atoms with E-state index in [4.69, 9.17) is 4.74 Å². The molecule has 0 fully saturated rings. The molecule has 1 heterocycles. The van der Waals surface area contributed by atoms with Crippen LogP contribution < -0.4 is 4.74 Å². The van der Waals surface area contributed by atoms with E-state index in [1.807, 2.05) is 25.1 Å². The number of ether oxygens (including phenoxy) is 1. The zero-order valence-corrected chi connectivity index (χ0v) is 15.4. The minimum absolute atomic E-state index is 0.0173. The van der Waals surface area contributed by atoms with E-state index in [2.05, 4.69) is 47.8 Å². The van der Waals surface area contributed by atoms with Crippen molar-refractivity contribution in [3.8, 4) is 5.75 Å². The Morgan fingerprint density at radius 1 is 1.26 bits per heavy atom. The van der Waals surface area contributed by atoms with Crippen LogP contribution in [-0.2, 0) is 0 Å². The van der Waals surface area contributed by atoms with Gasteiger partial charge in [0.05, 0.1) is 12.0 Å². The lowest BCUT2D eigenvalue weighted by Crippen LogP contribution is -2.11. The average molecular weight is 469 g/mol. The molecule has 0 aliphatic carbocycles. The third-order valence-corrected chi connectivity index (χ3v) is 5.36. The van der Waals surface area contributed by atoms with Crippen molar-refractivity contribution in [2.24, 2.45) is 0 Å². The summed E-state index contributed by atoms with van der Waals surface area (Å²) >= 11 is 11.6. The molecule has 0 amide bonds. The van der Waals surface area contributed by atoms with Gasteiger partial charge in [-0.1, -0.05) is 6.07 Å². The minimum atomic E-state index is -0.0544. The molecular formula is C13H9Br3O2S. The SMILES string of the molecule is Cc1ccc(OCC(=O)c2cc(Br)sc2Br)c(Br)c1. The Labute approximate surface area is 140 Å². The summed E-state index contributed by atoms with van der Waals surface area (Å²) in [5.41, 5.74) is 1.77. The van der Waals surface area contributed by atoms with E-state index >= 15 is 0 Å². The molecule has 0 N–H and O–H groups in total. The third kappa shape index (κ3) is 3.90. The van der Waals surface area contributed by atoms with Crippen molar-refractivity contribution in [3.05, 3.63) is 47.4 Å². The molecule has 100 valence electrons. The fourth-order valence-corrected chi connectivity index (χ4v) is 4.94. The second-order valence-corrected chi connectivity index (χ2v) is 8.49. The molecule has 0 atom stereocenters. The van der Waals surface area contributed by atoms with Gasteiger partial charge in [-0.25, -0.2) is 0 Å². The van der Waals surface area contributed by atoms with Gasteiger partial charge in [-0.2, -0.15) is 0 Å². The average Bonchev–Trinajstić information content (AvgIpc) is 2.67. The normalized spacial score (nSPS) is 10.5. The van der Waals surface area contributed by atoms with E-state index in [0.717, 1.165) is 17.6 Å². The number of hydrogen-bond donors (Lipinski definition) is 0. The van der Waals surface area contributed by atoms with Crippen molar-refractivity contribution in [1.29, 1.82) is 0 Å². The molecule has 0 saturated carbocycles. The second kappa shape index (κ2) is 6.52. The van der Waals surface area contributed by atoms with Crippen LogP contribution in [0.1, 0.15) is 15.9 Å². The van der Waals surface area contributed by atoms with Crippen LogP contribution >= 0.6 is 59.1 Å². The van der Waals surface area contributed by atoms with Gasteiger partial charge in [0, 0.05) is 5.56 Å². The maximum atomic E-state index is 12.0. The van der Waals surface area contributed by atoms with Crippen LogP contribution in [0.3, 0.4) is 0 Å². The number of rotatable bonds is 4. The highest BCUT2D eigenvalue weighted by Gasteiger charge is 2.14. The standard InChI is InChI=1S/C13H9Br3O2S/c1-7-2-3-11(9(14)4-7)18-6-10(17)8-5-12(15)19-13(8)16/h2-5H,6H2,1H3. The molecule has 0 radical (unpaired) electrons. The zero-order valence-electron chi connectivity index (χ0n) is 9.88. The molecule has 1 aromatic carbocycles. The van der Waals surface area contributed by atoms with Crippen LogP contribution in [0.25, 0.3) is 0 Å². The smallest absolute Gasteiger partial charge is 0.202 e. The number of ketones is 1. The molecule has 6 heteroatoms. The maximum Gasteiger partial charge on any atom is 0.202 e. The van der Waals surface area contributed by atoms with Crippen molar-refractivity contribution in [2.75, 3.05) is 6.61 Å². The van der Waals surface area contributed by atoms with E-state index in [1.54, 1.807) is 6.07 Å². The van der Waals surface area contributed by atoms with Gasteiger partial charge in [-0.15, -0.1) is 11.3 Å². The van der Waals surface area contributed by atoms with Crippen LogP contribution in [0.15, 0.2) is 36.3 Å². The first kappa shape index (κ1) is 15.2. The first-order valence-electron chi connectivity index (χ1n) is 5.34. The Kier molecular flexibility index (Phi) is 5.22. The molecule has 0 bridgehead atoms. The minimum Gasteiger partial charge on any atom is -0.484 e. The van der Waals surface area contributed by atoms with Crippen molar-refractivity contribution < 1.29 is 9.53 Å². The first-order chi connectivity index (χ1) is 8.97. The first-order valence-corrected chi connectivity index (χ1v) is 8.54. The van der Waals surface area contributed by atoms with Gasteiger partial charge in [0.2, 0.25) is 5.78 Å². The summed E-state index contributed by atoms with van der Waals surface area (Å²) in [6, 6.07) is 7.55. The van der Waals surface area contributed by atoms with Crippen LogP contribution in [0.2, 0.25) is 0 Å². The third-order valence-electron chi connectivity index (χ3n) is 2.40. The summed E-state index contributed by atoms with van der Waals surface area (Å²) in [5, 5.41) is 0. The molecule has 2 aromatic rings. The highest BCUT2D eigenvalue weighted by atomic mass is 79.9. The summed E-state index contributed by atoms with van der Waals surface area (Å²) in [6.07, 6.45) is 0. The number of benzene rings is 1. The number of Topliss-reactive ketones (excluding diaryl/α,β-unsaturated/α-hetero) is 1. The molecule has 0 aliphatic heterocycles. The van der Waals surface area contributed by atoms with Crippen LogP contribution in [-0.4, -0.2) is 12.4 Å². The lowest BCUT2D eigenvalue weighted by Gasteiger charge is -2.07.